The number of para-hydroxylation sites is 1. The highest BCUT2D eigenvalue weighted by Crippen LogP contribution is 2.36. The summed E-state index contributed by atoms with van der Waals surface area (Å²) in [6, 6.07) is 10.1. The molecule has 7 nitrogen and oxygen atoms in total. The van der Waals surface area contributed by atoms with E-state index in [1.807, 2.05) is 40.9 Å². The Hall–Kier alpha value is -2.83. The summed E-state index contributed by atoms with van der Waals surface area (Å²) in [5.74, 6) is 1.11. The number of piperidine rings is 1. The highest BCUT2D eigenvalue weighted by molar-refractivity contribution is 5.84. The second-order valence-corrected chi connectivity index (χ2v) is 9.06. The van der Waals surface area contributed by atoms with Gasteiger partial charge in [-0.25, -0.2) is 0 Å². The number of likely N-dealkylation sites (tertiary alicyclic amines) is 1. The molecule has 1 saturated heterocycles. The van der Waals surface area contributed by atoms with Crippen molar-refractivity contribution in [2.45, 2.75) is 51.4 Å². The standard InChI is InChI=1S/C25H34N4O3/c1-28-21(12-15-27-28)10-11-23(30)29-17-6-14-25(19-29)13-5-4-8-20-7-2-3-9-22(20)32-18-16-26-24(25)31/h2-3,7,9,12,15H,4-6,8,10-11,13-14,16-19H2,1H3,(H,26,31). The number of fused-ring (bicyclic) bond motifs is 1. The Kier molecular flexibility index (Phi) is 7.12. The van der Waals surface area contributed by atoms with Gasteiger partial charge in [-0.3, -0.25) is 14.3 Å². The van der Waals surface area contributed by atoms with Gasteiger partial charge in [0.1, 0.15) is 12.4 Å². The van der Waals surface area contributed by atoms with Gasteiger partial charge in [0.15, 0.2) is 0 Å². The van der Waals surface area contributed by atoms with Crippen LogP contribution in [-0.2, 0) is 29.5 Å². The molecule has 1 N–H and O–H groups in total. The summed E-state index contributed by atoms with van der Waals surface area (Å²) >= 11 is 0. The molecule has 4 rings (SSSR count). The molecule has 2 amide bonds. The molecular formula is C25H34N4O3. The van der Waals surface area contributed by atoms with E-state index in [0.717, 1.165) is 56.5 Å². The predicted octanol–water partition coefficient (Wildman–Crippen LogP) is 2.88. The Morgan fingerprint density at radius 3 is 2.88 bits per heavy atom. The maximum Gasteiger partial charge on any atom is 0.228 e. The van der Waals surface area contributed by atoms with Gasteiger partial charge in [0, 0.05) is 38.4 Å². The number of nitrogens with one attached hydrogen (secondary N) is 1. The zero-order chi connectivity index (χ0) is 22.4. The Labute approximate surface area is 190 Å². The largest absolute Gasteiger partial charge is 0.491 e. The molecule has 0 aliphatic carbocycles. The fourth-order valence-corrected chi connectivity index (χ4v) is 5.03. The van der Waals surface area contributed by atoms with Gasteiger partial charge in [0.25, 0.3) is 0 Å². The quantitative estimate of drug-likeness (QED) is 0.800. The van der Waals surface area contributed by atoms with Crippen LogP contribution < -0.4 is 10.1 Å². The summed E-state index contributed by atoms with van der Waals surface area (Å²) in [6.45, 7) is 2.17. The van der Waals surface area contributed by atoms with Gasteiger partial charge in [0.05, 0.1) is 12.0 Å². The highest BCUT2D eigenvalue weighted by atomic mass is 16.5. The zero-order valence-electron chi connectivity index (χ0n) is 19.0. The van der Waals surface area contributed by atoms with Gasteiger partial charge in [0.2, 0.25) is 11.8 Å². The Bertz CT molecular complexity index is 941. The van der Waals surface area contributed by atoms with Crippen LogP contribution in [0.4, 0.5) is 0 Å². The number of amides is 2. The molecule has 0 bridgehead atoms. The molecule has 1 fully saturated rings. The minimum absolute atomic E-state index is 0.0686. The van der Waals surface area contributed by atoms with E-state index in [2.05, 4.69) is 16.5 Å². The van der Waals surface area contributed by atoms with E-state index in [4.69, 9.17) is 4.74 Å². The second-order valence-electron chi connectivity index (χ2n) is 9.06. The summed E-state index contributed by atoms with van der Waals surface area (Å²) in [6.07, 6.45) is 8.29. The first-order valence-electron chi connectivity index (χ1n) is 11.8. The molecule has 0 radical (unpaired) electrons. The van der Waals surface area contributed by atoms with Gasteiger partial charge < -0.3 is 15.0 Å². The molecule has 1 aromatic carbocycles. The first-order valence-corrected chi connectivity index (χ1v) is 11.8. The monoisotopic (exact) mass is 438 g/mol. The number of hydrogen-bond donors (Lipinski definition) is 1. The Balaban J connectivity index is 1.41. The van der Waals surface area contributed by atoms with Crippen LogP contribution in [0.1, 0.15) is 49.8 Å². The maximum absolute atomic E-state index is 13.3. The number of carbonyl (C=O) groups is 2. The summed E-state index contributed by atoms with van der Waals surface area (Å²) in [7, 11) is 1.90. The van der Waals surface area contributed by atoms with E-state index in [9.17, 15) is 9.59 Å². The van der Waals surface area contributed by atoms with Crippen LogP contribution in [0.5, 0.6) is 5.75 Å². The summed E-state index contributed by atoms with van der Waals surface area (Å²) in [5, 5.41) is 7.28. The topological polar surface area (TPSA) is 76.5 Å². The van der Waals surface area contributed by atoms with E-state index in [-0.39, 0.29) is 11.8 Å². The number of hydrogen-bond acceptors (Lipinski definition) is 4. The maximum atomic E-state index is 13.3. The van der Waals surface area contributed by atoms with Crippen LogP contribution in [0.15, 0.2) is 36.5 Å². The number of nitrogens with zero attached hydrogens (tertiary/aromatic N) is 3. The molecule has 2 aliphatic rings. The second kappa shape index (κ2) is 10.2. The van der Waals surface area contributed by atoms with Crippen LogP contribution >= 0.6 is 0 Å². The molecule has 3 heterocycles. The predicted molar refractivity (Wildman–Crippen MR) is 122 cm³/mol. The van der Waals surface area contributed by atoms with E-state index in [1.165, 1.54) is 5.56 Å². The number of carbonyl (C=O) groups excluding carboxylic acids is 2. The van der Waals surface area contributed by atoms with Crippen LogP contribution in [0.25, 0.3) is 0 Å². The van der Waals surface area contributed by atoms with E-state index in [0.29, 0.717) is 32.5 Å². The number of benzene rings is 1. The van der Waals surface area contributed by atoms with Gasteiger partial charge in [-0.15, -0.1) is 0 Å². The van der Waals surface area contributed by atoms with Crippen LogP contribution in [0.2, 0.25) is 0 Å². The SMILES string of the molecule is Cn1nccc1CCC(=O)N1CCCC2(CCCCc3ccccc3OCCNC2=O)C1. The van der Waals surface area contributed by atoms with E-state index in [1.54, 1.807) is 6.20 Å². The third-order valence-corrected chi connectivity index (χ3v) is 6.90. The van der Waals surface area contributed by atoms with Crippen LogP contribution in [-0.4, -0.2) is 52.7 Å². The lowest BCUT2D eigenvalue weighted by Gasteiger charge is -2.42. The number of ether oxygens (including phenoxy) is 1. The van der Waals surface area contributed by atoms with Crippen LogP contribution in [0, 0.1) is 5.41 Å². The van der Waals surface area contributed by atoms with Crippen molar-refractivity contribution in [1.29, 1.82) is 0 Å². The van der Waals surface area contributed by atoms with Crippen molar-refractivity contribution in [2.75, 3.05) is 26.2 Å². The van der Waals surface area contributed by atoms with Gasteiger partial charge in [-0.05, 0) is 56.2 Å². The molecule has 1 unspecified atom stereocenters. The molecule has 2 aromatic rings. The van der Waals surface area contributed by atoms with Crippen molar-refractivity contribution in [3.8, 4) is 5.75 Å². The number of aryl methyl sites for hydroxylation is 3. The van der Waals surface area contributed by atoms with Gasteiger partial charge in [-0.1, -0.05) is 24.6 Å². The molecular weight excluding hydrogens is 404 g/mol. The Morgan fingerprint density at radius 1 is 1.19 bits per heavy atom. The average Bonchev–Trinajstić information content (AvgIpc) is 3.22. The van der Waals surface area contributed by atoms with Crippen molar-refractivity contribution in [1.82, 2.24) is 20.0 Å². The third kappa shape index (κ3) is 5.14. The third-order valence-electron chi connectivity index (χ3n) is 6.90. The lowest BCUT2D eigenvalue weighted by atomic mass is 9.74. The van der Waals surface area contributed by atoms with Crippen LogP contribution in [0.3, 0.4) is 0 Å². The van der Waals surface area contributed by atoms with Crippen molar-refractivity contribution in [2.24, 2.45) is 12.5 Å². The smallest absolute Gasteiger partial charge is 0.228 e. The molecule has 0 saturated carbocycles. The molecule has 2 aliphatic heterocycles. The fourth-order valence-electron chi connectivity index (χ4n) is 5.03. The summed E-state index contributed by atoms with van der Waals surface area (Å²) < 4.78 is 7.75. The number of aromatic nitrogens is 2. The normalized spacial score (nSPS) is 22.3. The highest BCUT2D eigenvalue weighted by Gasteiger charge is 2.42. The minimum Gasteiger partial charge on any atom is -0.491 e. The van der Waals surface area contributed by atoms with Gasteiger partial charge in [-0.2, -0.15) is 5.10 Å². The lowest BCUT2D eigenvalue weighted by molar-refractivity contribution is -0.142. The van der Waals surface area contributed by atoms with Crippen molar-refractivity contribution < 1.29 is 14.3 Å². The first-order chi connectivity index (χ1) is 15.6. The molecule has 7 heteroatoms. The van der Waals surface area contributed by atoms with Crippen molar-refractivity contribution in [3.05, 3.63) is 47.8 Å². The first kappa shape index (κ1) is 22.4. The molecule has 1 spiro atoms. The average molecular weight is 439 g/mol. The summed E-state index contributed by atoms with van der Waals surface area (Å²) in [5.41, 5.74) is 1.78. The minimum atomic E-state index is -0.501. The molecule has 172 valence electrons. The Morgan fingerprint density at radius 2 is 2.03 bits per heavy atom. The lowest BCUT2D eigenvalue weighted by Crippen LogP contribution is -2.54. The van der Waals surface area contributed by atoms with Crippen molar-refractivity contribution in [3.63, 3.8) is 0 Å². The molecule has 1 aromatic heterocycles. The molecule has 1 atom stereocenters. The van der Waals surface area contributed by atoms with E-state index >= 15 is 0 Å². The van der Waals surface area contributed by atoms with Crippen molar-refractivity contribution >= 4 is 11.8 Å². The van der Waals surface area contributed by atoms with E-state index < -0.39 is 5.41 Å². The zero-order valence-corrected chi connectivity index (χ0v) is 19.0. The van der Waals surface area contributed by atoms with Gasteiger partial charge >= 0.3 is 0 Å². The molecule has 32 heavy (non-hydrogen) atoms. The number of rotatable bonds is 3. The summed E-state index contributed by atoms with van der Waals surface area (Å²) in [4.78, 5) is 28.2. The fraction of sp³-hybridized carbons (Fsp3) is 0.560.